The smallest absolute Gasteiger partial charge is 0.267 e. The molecule has 0 atom stereocenters. The lowest BCUT2D eigenvalue weighted by Gasteiger charge is -2.11. The molecule has 9 heteroatoms. The number of amides is 1. The van der Waals surface area contributed by atoms with Crippen LogP contribution in [0.1, 0.15) is 0 Å². The van der Waals surface area contributed by atoms with Crippen LogP contribution >= 0.6 is 0 Å². The summed E-state index contributed by atoms with van der Waals surface area (Å²) in [5.74, 6) is -1.22. The summed E-state index contributed by atoms with van der Waals surface area (Å²) in [5, 5.41) is 6.40. The molecule has 0 radical (unpaired) electrons. The van der Waals surface area contributed by atoms with Crippen molar-refractivity contribution < 1.29 is 23.0 Å². The number of hydrogen-bond donors (Lipinski definition) is 1. The molecule has 1 aromatic heterocycles. The molecule has 0 aliphatic carbocycles. The Balaban J connectivity index is 1.85. The van der Waals surface area contributed by atoms with Gasteiger partial charge in [0.05, 0.1) is 25.6 Å². The summed E-state index contributed by atoms with van der Waals surface area (Å²) in [4.78, 5) is 24.3. The van der Waals surface area contributed by atoms with Crippen LogP contribution in [0, 0.1) is 11.6 Å². The standard InChI is InChI=1S/C20H17F2N3O4/c1-28-17-7-3-12(9-18(17)29-2)15-6-8-20(27)25(24-15)11-19(26)23-16-10-13(21)4-5-14(16)22/h3-10H,11H2,1-2H3,(H,23,26). The van der Waals surface area contributed by atoms with Gasteiger partial charge in [0, 0.05) is 17.7 Å². The van der Waals surface area contributed by atoms with Gasteiger partial charge in [-0.1, -0.05) is 0 Å². The van der Waals surface area contributed by atoms with Gasteiger partial charge in [0.25, 0.3) is 5.56 Å². The van der Waals surface area contributed by atoms with Gasteiger partial charge in [-0.05, 0) is 36.4 Å². The summed E-state index contributed by atoms with van der Waals surface area (Å²) in [6, 6.07) is 10.5. The number of hydrogen-bond acceptors (Lipinski definition) is 5. The molecule has 0 aliphatic rings. The van der Waals surface area contributed by atoms with Crippen molar-refractivity contribution in [3.8, 4) is 22.8 Å². The minimum absolute atomic E-state index is 0.320. The zero-order chi connectivity index (χ0) is 21.0. The predicted octanol–water partition coefficient (Wildman–Crippen LogP) is 2.84. The number of halogens is 2. The van der Waals surface area contributed by atoms with Crippen LogP contribution in [0.3, 0.4) is 0 Å². The molecule has 2 aromatic carbocycles. The van der Waals surface area contributed by atoms with Gasteiger partial charge in [0.2, 0.25) is 5.91 Å². The first-order chi connectivity index (χ1) is 13.9. The monoisotopic (exact) mass is 401 g/mol. The van der Waals surface area contributed by atoms with Gasteiger partial charge in [0.15, 0.2) is 11.5 Å². The predicted molar refractivity (Wildman–Crippen MR) is 102 cm³/mol. The number of carbonyl (C=O) groups is 1. The number of methoxy groups -OCH3 is 2. The van der Waals surface area contributed by atoms with E-state index in [4.69, 9.17) is 9.47 Å². The molecule has 1 heterocycles. The normalized spacial score (nSPS) is 10.5. The summed E-state index contributed by atoms with van der Waals surface area (Å²) >= 11 is 0. The second kappa shape index (κ2) is 8.51. The zero-order valence-corrected chi connectivity index (χ0v) is 15.6. The molecule has 0 saturated carbocycles. The fourth-order valence-electron chi connectivity index (χ4n) is 2.63. The van der Waals surface area contributed by atoms with E-state index in [2.05, 4.69) is 10.4 Å². The van der Waals surface area contributed by atoms with Crippen LogP contribution in [0.5, 0.6) is 11.5 Å². The van der Waals surface area contributed by atoms with Crippen LogP contribution in [0.2, 0.25) is 0 Å². The molecule has 0 aliphatic heterocycles. The number of nitrogens with zero attached hydrogens (tertiary/aromatic N) is 2. The first-order valence-electron chi connectivity index (χ1n) is 8.46. The number of aromatic nitrogens is 2. The van der Waals surface area contributed by atoms with Gasteiger partial charge in [0.1, 0.15) is 18.2 Å². The molecule has 0 spiro atoms. The average molecular weight is 401 g/mol. The Bertz CT molecular complexity index is 1120. The maximum atomic E-state index is 13.7. The Morgan fingerprint density at radius 3 is 2.52 bits per heavy atom. The molecule has 0 bridgehead atoms. The number of ether oxygens (including phenoxy) is 2. The molecule has 0 unspecified atom stereocenters. The van der Waals surface area contributed by atoms with Crippen molar-refractivity contribution in [2.24, 2.45) is 0 Å². The Morgan fingerprint density at radius 1 is 1.03 bits per heavy atom. The minimum Gasteiger partial charge on any atom is -0.493 e. The Hall–Kier alpha value is -3.75. The van der Waals surface area contributed by atoms with E-state index in [9.17, 15) is 18.4 Å². The van der Waals surface area contributed by atoms with E-state index < -0.39 is 29.6 Å². The number of rotatable bonds is 6. The third-order valence-electron chi connectivity index (χ3n) is 4.04. The lowest BCUT2D eigenvalue weighted by molar-refractivity contribution is -0.117. The fourth-order valence-corrected chi connectivity index (χ4v) is 2.63. The molecular formula is C20H17F2N3O4. The van der Waals surface area contributed by atoms with E-state index in [1.165, 1.54) is 26.4 Å². The van der Waals surface area contributed by atoms with Gasteiger partial charge in [-0.2, -0.15) is 5.10 Å². The number of benzene rings is 2. The highest BCUT2D eigenvalue weighted by atomic mass is 19.1. The molecule has 7 nitrogen and oxygen atoms in total. The van der Waals surface area contributed by atoms with Crippen molar-refractivity contribution >= 4 is 11.6 Å². The maximum absolute atomic E-state index is 13.7. The highest BCUT2D eigenvalue weighted by Crippen LogP contribution is 2.31. The van der Waals surface area contributed by atoms with Crippen molar-refractivity contribution in [3.63, 3.8) is 0 Å². The van der Waals surface area contributed by atoms with Gasteiger partial charge < -0.3 is 14.8 Å². The molecular weight excluding hydrogens is 384 g/mol. The summed E-state index contributed by atoms with van der Waals surface area (Å²) in [6.45, 7) is -0.476. The van der Waals surface area contributed by atoms with Crippen molar-refractivity contribution in [2.75, 3.05) is 19.5 Å². The minimum atomic E-state index is -0.792. The summed E-state index contributed by atoms with van der Waals surface area (Å²) in [5.41, 5.74) is 0.200. The summed E-state index contributed by atoms with van der Waals surface area (Å²) in [7, 11) is 3.00. The second-order valence-corrected chi connectivity index (χ2v) is 5.96. The number of anilines is 1. The first kappa shape index (κ1) is 20.0. The first-order valence-corrected chi connectivity index (χ1v) is 8.46. The molecule has 150 valence electrons. The summed E-state index contributed by atoms with van der Waals surface area (Å²) < 4.78 is 38.3. The molecule has 3 aromatic rings. The molecule has 0 fully saturated rings. The molecule has 29 heavy (non-hydrogen) atoms. The number of carbonyl (C=O) groups excluding carboxylic acids is 1. The Kier molecular flexibility index (Phi) is 5.87. The topological polar surface area (TPSA) is 82.5 Å². The van der Waals surface area contributed by atoms with Crippen LogP contribution in [0.25, 0.3) is 11.3 Å². The van der Waals surface area contributed by atoms with Crippen LogP contribution in [0.15, 0.2) is 53.3 Å². The van der Waals surface area contributed by atoms with Crippen LogP contribution in [-0.2, 0) is 11.3 Å². The highest BCUT2D eigenvalue weighted by molar-refractivity contribution is 5.90. The molecule has 1 amide bonds. The zero-order valence-electron chi connectivity index (χ0n) is 15.6. The van der Waals surface area contributed by atoms with Crippen LogP contribution < -0.4 is 20.3 Å². The highest BCUT2D eigenvalue weighted by Gasteiger charge is 2.12. The lowest BCUT2D eigenvalue weighted by Crippen LogP contribution is -2.29. The maximum Gasteiger partial charge on any atom is 0.267 e. The van der Waals surface area contributed by atoms with Gasteiger partial charge in [-0.15, -0.1) is 0 Å². The number of nitrogens with one attached hydrogen (secondary N) is 1. The van der Waals surface area contributed by atoms with Crippen molar-refractivity contribution in [2.45, 2.75) is 6.54 Å². The van der Waals surface area contributed by atoms with E-state index >= 15 is 0 Å². The third kappa shape index (κ3) is 4.57. The van der Waals surface area contributed by atoms with E-state index in [1.54, 1.807) is 18.2 Å². The SMILES string of the molecule is COc1ccc(-c2ccc(=O)n(CC(=O)Nc3cc(F)ccc3F)n2)cc1OC. The lowest BCUT2D eigenvalue weighted by atomic mass is 10.1. The Morgan fingerprint density at radius 2 is 1.79 bits per heavy atom. The van der Waals surface area contributed by atoms with Gasteiger partial charge in [-0.3, -0.25) is 9.59 Å². The van der Waals surface area contributed by atoms with Crippen LogP contribution in [0.4, 0.5) is 14.5 Å². The molecule has 3 rings (SSSR count). The van der Waals surface area contributed by atoms with Crippen molar-refractivity contribution in [1.29, 1.82) is 0 Å². The molecule has 1 N–H and O–H groups in total. The second-order valence-electron chi connectivity index (χ2n) is 5.96. The van der Waals surface area contributed by atoms with Crippen molar-refractivity contribution in [3.05, 3.63) is 70.5 Å². The third-order valence-corrected chi connectivity index (χ3v) is 4.04. The van der Waals surface area contributed by atoms with E-state index in [0.29, 0.717) is 22.8 Å². The fraction of sp³-hybridized carbons (Fsp3) is 0.150. The van der Waals surface area contributed by atoms with E-state index in [1.807, 2.05) is 0 Å². The van der Waals surface area contributed by atoms with E-state index in [0.717, 1.165) is 22.9 Å². The van der Waals surface area contributed by atoms with Crippen molar-refractivity contribution in [1.82, 2.24) is 9.78 Å². The van der Waals surface area contributed by atoms with Gasteiger partial charge >= 0.3 is 0 Å². The largest absolute Gasteiger partial charge is 0.493 e. The van der Waals surface area contributed by atoms with E-state index in [-0.39, 0.29) is 5.69 Å². The van der Waals surface area contributed by atoms with Gasteiger partial charge in [-0.25, -0.2) is 13.5 Å². The van der Waals surface area contributed by atoms with Crippen LogP contribution in [-0.4, -0.2) is 29.9 Å². The Labute approximate surface area is 164 Å². The molecule has 0 saturated heterocycles. The average Bonchev–Trinajstić information content (AvgIpc) is 2.71. The summed E-state index contributed by atoms with van der Waals surface area (Å²) in [6.07, 6.45) is 0. The quantitative estimate of drug-likeness (QED) is 0.687.